The van der Waals surface area contributed by atoms with Crippen LogP contribution in [0.25, 0.3) is 0 Å². The lowest BCUT2D eigenvalue weighted by molar-refractivity contribution is -0.118. The summed E-state index contributed by atoms with van der Waals surface area (Å²) in [6.07, 6.45) is 1.59. The third-order valence-electron chi connectivity index (χ3n) is 3.30. The molecule has 0 aliphatic carbocycles. The molecule has 0 aliphatic heterocycles. The van der Waals surface area contributed by atoms with Gasteiger partial charge in [-0.2, -0.15) is 9.78 Å². The smallest absolute Gasteiger partial charge is 0.329 e. The normalized spacial score (nSPS) is 11.2. The molecule has 0 aliphatic rings. The van der Waals surface area contributed by atoms with Crippen LogP contribution in [-0.4, -0.2) is 57.2 Å². The van der Waals surface area contributed by atoms with Gasteiger partial charge >= 0.3 is 6.03 Å². The summed E-state index contributed by atoms with van der Waals surface area (Å²) in [6.45, 7) is 9.90. The molecule has 2 amide bonds. The Labute approximate surface area is 153 Å². The molecule has 0 aromatic carbocycles. The monoisotopic (exact) mass is 368 g/mol. The highest BCUT2D eigenvalue weighted by molar-refractivity contribution is 7.99. The van der Waals surface area contributed by atoms with E-state index in [0.29, 0.717) is 11.0 Å². The van der Waals surface area contributed by atoms with E-state index < -0.39 is 0 Å². The number of hydrazone groups is 1. The molecule has 140 valence electrons. The molecule has 0 spiro atoms. The Kier molecular flexibility index (Phi) is 7.60. The van der Waals surface area contributed by atoms with Crippen LogP contribution in [0.3, 0.4) is 0 Å². The maximum Gasteiger partial charge on any atom is 0.346 e. The maximum absolute atomic E-state index is 12.3. The molecule has 1 rings (SSSR count). The van der Waals surface area contributed by atoms with Crippen molar-refractivity contribution in [2.75, 3.05) is 19.8 Å². The van der Waals surface area contributed by atoms with Gasteiger partial charge in [-0.25, -0.2) is 15.2 Å². The van der Waals surface area contributed by atoms with Crippen molar-refractivity contribution in [2.45, 2.75) is 58.0 Å². The van der Waals surface area contributed by atoms with Gasteiger partial charge in [0.25, 0.3) is 5.91 Å². The van der Waals surface area contributed by atoms with Gasteiger partial charge in [-0.1, -0.05) is 46.4 Å². The SMILES string of the molecule is CCC(CC)=NNC(=O)CSc1nc(C(C)(C)C)nn1C(=O)N(C)C. The number of rotatable bonds is 6. The van der Waals surface area contributed by atoms with Crippen LogP contribution in [0.5, 0.6) is 0 Å². The quantitative estimate of drug-likeness (QED) is 0.473. The first kappa shape index (κ1) is 21.1. The number of carbonyl (C=O) groups is 2. The summed E-state index contributed by atoms with van der Waals surface area (Å²) >= 11 is 1.17. The molecule has 1 aromatic rings. The Hall–Kier alpha value is -1.90. The van der Waals surface area contributed by atoms with Gasteiger partial charge < -0.3 is 4.90 Å². The second-order valence-electron chi connectivity index (χ2n) is 6.77. The molecule has 1 heterocycles. The molecule has 0 unspecified atom stereocenters. The summed E-state index contributed by atoms with van der Waals surface area (Å²) in [6, 6.07) is -0.303. The molecule has 0 radical (unpaired) electrons. The number of hydrogen-bond acceptors (Lipinski definition) is 6. The van der Waals surface area contributed by atoms with E-state index in [2.05, 4.69) is 20.6 Å². The third kappa shape index (κ3) is 6.15. The summed E-state index contributed by atoms with van der Waals surface area (Å²) in [7, 11) is 3.29. The molecule has 0 atom stereocenters. The molecule has 8 nitrogen and oxygen atoms in total. The van der Waals surface area contributed by atoms with Gasteiger partial charge in [-0.3, -0.25) is 4.79 Å². The molecule has 0 fully saturated rings. The number of carbonyl (C=O) groups excluding carboxylic acids is 2. The van der Waals surface area contributed by atoms with Crippen LogP contribution in [0, 0.1) is 0 Å². The first-order valence-corrected chi connectivity index (χ1v) is 9.24. The average molecular weight is 369 g/mol. The second-order valence-corrected chi connectivity index (χ2v) is 7.71. The lowest BCUT2D eigenvalue weighted by atomic mass is 9.96. The third-order valence-corrected chi connectivity index (χ3v) is 4.23. The zero-order valence-electron chi connectivity index (χ0n) is 16.1. The van der Waals surface area contributed by atoms with Crippen LogP contribution >= 0.6 is 11.8 Å². The summed E-state index contributed by atoms with van der Waals surface area (Å²) in [4.78, 5) is 30.1. The number of aromatic nitrogens is 3. The van der Waals surface area contributed by atoms with Crippen molar-refractivity contribution in [3.8, 4) is 0 Å². The Balaban J connectivity index is 2.90. The van der Waals surface area contributed by atoms with Gasteiger partial charge in [0.05, 0.1) is 5.75 Å². The molecule has 25 heavy (non-hydrogen) atoms. The molecule has 1 aromatic heterocycles. The van der Waals surface area contributed by atoms with Gasteiger partial charge in [0.1, 0.15) is 0 Å². The van der Waals surface area contributed by atoms with E-state index in [1.54, 1.807) is 14.1 Å². The van der Waals surface area contributed by atoms with E-state index in [0.717, 1.165) is 18.6 Å². The van der Waals surface area contributed by atoms with E-state index >= 15 is 0 Å². The van der Waals surface area contributed by atoms with Crippen LogP contribution in [0.15, 0.2) is 10.3 Å². The Bertz CT molecular complexity index is 640. The van der Waals surface area contributed by atoms with Crippen molar-refractivity contribution >= 4 is 29.4 Å². The fourth-order valence-corrected chi connectivity index (χ4v) is 2.45. The van der Waals surface area contributed by atoms with Gasteiger partial charge in [0, 0.05) is 25.2 Å². The summed E-state index contributed by atoms with van der Waals surface area (Å²) in [5.41, 5.74) is 3.17. The van der Waals surface area contributed by atoms with Crippen molar-refractivity contribution in [1.29, 1.82) is 0 Å². The topological polar surface area (TPSA) is 92.5 Å². The molecule has 1 N–H and O–H groups in total. The Morgan fingerprint density at radius 3 is 2.32 bits per heavy atom. The van der Waals surface area contributed by atoms with Crippen LogP contribution in [0.1, 0.15) is 53.3 Å². The lowest BCUT2D eigenvalue weighted by Crippen LogP contribution is -2.29. The minimum atomic E-state index is -0.303. The van der Waals surface area contributed by atoms with E-state index in [4.69, 9.17) is 0 Å². The summed E-state index contributed by atoms with van der Waals surface area (Å²) < 4.78 is 1.24. The summed E-state index contributed by atoms with van der Waals surface area (Å²) in [5.74, 6) is 0.421. The van der Waals surface area contributed by atoms with Crippen molar-refractivity contribution in [3.63, 3.8) is 0 Å². The lowest BCUT2D eigenvalue weighted by Gasteiger charge is -2.13. The molecular weight excluding hydrogens is 340 g/mol. The van der Waals surface area contributed by atoms with Gasteiger partial charge in [0.2, 0.25) is 0 Å². The first-order chi connectivity index (χ1) is 11.6. The standard InChI is InChI=1S/C16H28N6O2S/c1-8-11(9-2)18-19-12(23)10-25-14-17-13(16(3,4)5)20-22(14)15(24)21(6)7/h8-10H2,1-7H3,(H,19,23). The largest absolute Gasteiger partial charge is 0.346 e. The number of amides is 2. The van der Waals surface area contributed by atoms with Crippen molar-refractivity contribution in [3.05, 3.63) is 5.82 Å². The van der Waals surface area contributed by atoms with E-state index in [9.17, 15) is 9.59 Å². The molecule has 0 saturated carbocycles. The molecule has 0 bridgehead atoms. The zero-order chi connectivity index (χ0) is 19.2. The van der Waals surface area contributed by atoms with Crippen LogP contribution in [-0.2, 0) is 10.2 Å². The van der Waals surface area contributed by atoms with E-state index in [1.165, 1.54) is 21.3 Å². The number of nitrogens with zero attached hydrogens (tertiary/aromatic N) is 5. The molecule has 0 saturated heterocycles. The van der Waals surface area contributed by atoms with E-state index in [1.807, 2.05) is 34.6 Å². The minimum Gasteiger partial charge on any atom is -0.329 e. The fraction of sp³-hybridized carbons (Fsp3) is 0.688. The summed E-state index contributed by atoms with van der Waals surface area (Å²) in [5, 5.41) is 8.80. The second kappa shape index (κ2) is 8.98. The first-order valence-electron chi connectivity index (χ1n) is 8.26. The highest BCUT2D eigenvalue weighted by Gasteiger charge is 2.25. The Morgan fingerprint density at radius 1 is 1.24 bits per heavy atom. The zero-order valence-corrected chi connectivity index (χ0v) is 16.9. The predicted molar refractivity (Wildman–Crippen MR) is 100 cm³/mol. The highest BCUT2D eigenvalue weighted by atomic mass is 32.2. The minimum absolute atomic E-state index is 0.104. The van der Waals surface area contributed by atoms with Crippen LogP contribution < -0.4 is 5.43 Å². The maximum atomic E-state index is 12.3. The Morgan fingerprint density at radius 2 is 1.84 bits per heavy atom. The predicted octanol–water partition coefficient (Wildman–Crippen LogP) is 2.49. The van der Waals surface area contributed by atoms with Gasteiger partial charge in [-0.05, 0) is 12.8 Å². The average Bonchev–Trinajstić information content (AvgIpc) is 2.97. The molecule has 9 heteroatoms. The number of hydrogen-bond donors (Lipinski definition) is 1. The molecular formula is C16H28N6O2S. The number of thioether (sulfide) groups is 1. The van der Waals surface area contributed by atoms with E-state index in [-0.39, 0.29) is 23.1 Å². The fourth-order valence-electron chi connectivity index (χ4n) is 1.73. The van der Waals surface area contributed by atoms with Crippen LogP contribution in [0.2, 0.25) is 0 Å². The number of nitrogens with one attached hydrogen (secondary N) is 1. The van der Waals surface area contributed by atoms with Gasteiger partial charge in [-0.15, -0.1) is 5.10 Å². The van der Waals surface area contributed by atoms with Crippen molar-refractivity contribution < 1.29 is 9.59 Å². The highest BCUT2D eigenvalue weighted by Crippen LogP contribution is 2.23. The van der Waals surface area contributed by atoms with Gasteiger partial charge in [0.15, 0.2) is 11.0 Å². The van der Waals surface area contributed by atoms with Crippen LogP contribution in [0.4, 0.5) is 4.79 Å². The van der Waals surface area contributed by atoms with Crippen molar-refractivity contribution in [2.24, 2.45) is 5.10 Å². The van der Waals surface area contributed by atoms with Crippen molar-refractivity contribution in [1.82, 2.24) is 25.1 Å².